The van der Waals surface area contributed by atoms with Crippen LogP contribution in [0.15, 0.2) is 18.2 Å². The van der Waals surface area contributed by atoms with Crippen LogP contribution < -0.4 is 10.5 Å². The van der Waals surface area contributed by atoms with Crippen molar-refractivity contribution in [1.82, 2.24) is 0 Å². The Balaban J connectivity index is 0.00000225. The average Bonchev–Trinajstić information content (AvgIpc) is 2.15. The Morgan fingerprint density at radius 1 is 1.31 bits per heavy atom. The van der Waals surface area contributed by atoms with E-state index < -0.39 is 0 Å². The third-order valence-corrected chi connectivity index (χ3v) is 2.46. The predicted octanol–water partition coefficient (Wildman–Crippen LogP) is 3.30. The van der Waals surface area contributed by atoms with Crippen LogP contribution in [-0.2, 0) is 0 Å². The quantitative estimate of drug-likeness (QED) is 0.870. The first kappa shape index (κ1) is 15.2. The predicted molar refractivity (Wildman–Crippen MR) is 66.6 cm³/mol. The zero-order valence-electron chi connectivity index (χ0n) is 10.1. The number of benzene rings is 1. The monoisotopic (exact) mass is 247 g/mol. The normalized spacial score (nSPS) is 12.9. The minimum absolute atomic E-state index is 0. The van der Waals surface area contributed by atoms with Gasteiger partial charge < -0.3 is 10.5 Å². The summed E-state index contributed by atoms with van der Waals surface area (Å²) in [4.78, 5) is 0. The van der Waals surface area contributed by atoms with Crippen LogP contribution in [0, 0.1) is 11.2 Å². The standard InChI is InChI=1S/C12H18FNO.ClH/c1-12(2,3)11(14)9-7-8(13)5-6-10(9)15-4;/h5-7,11H,14H2,1-4H3;1H/t11-;/m1./s1. The Morgan fingerprint density at radius 2 is 1.88 bits per heavy atom. The highest BCUT2D eigenvalue weighted by molar-refractivity contribution is 5.85. The molecule has 0 radical (unpaired) electrons. The topological polar surface area (TPSA) is 35.2 Å². The van der Waals surface area contributed by atoms with Crippen LogP contribution in [0.3, 0.4) is 0 Å². The van der Waals surface area contributed by atoms with Crippen LogP contribution >= 0.6 is 12.4 Å². The number of ether oxygens (including phenoxy) is 1. The van der Waals surface area contributed by atoms with Crippen molar-refractivity contribution in [2.45, 2.75) is 26.8 Å². The van der Waals surface area contributed by atoms with Crippen molar-refractivity contribution < 1.29 is 9.13 Å². The largest absolute Gasteiger partial charge is 0.496 e. The van der Waals surface area contributed by atoms with Crippen molar-refractivity contribution in [2.24, 2.45) is 11.1 Å². The highest BCUT2D eigenvalue weighted by Crippen LogP contribution is 2.35. The summed E-state index contributed by atoms with van der Waals surface area (Å²) in [6.45, 7) is 6.05. The third-order valence-electron chi connectivity index (χ3n) is 2.46. The van der Waals surface area contributed by atoms with Gasteiger partial charge in [-0.3, -0.25) is 0 Å². The van der Waals surface area contributed by atoms with Crippen LogP contribution in [0.5, 0.6) is 5.75 Å². The van der Waals surface area contributed by atoms with E-state index in [1.54, 1.807) is 13.2 Å². The molecular weight excluding hydrogens is 229 g/mol. The molecule has 0 unspecified atom stereocenters. The van der Waals surface area contributed by atoms with Gasteiger partial charge in [0.1, 0.15) is 11.6 Å². The summed E-state index contributed by atoms with van der Waals surface area (Å²) in [5, 5.41) is 0. The molecule has 2 N–H and O–H groups in total. The number of rotatable bonds is 2. The zero-order chi connectivity index (χ0) is 11.6. The van der Waals surface area contributed by atoms with E-state index >= 15 is 0 Å². The van der Waals surface area contributed by atoms with Crippen LogP contribution in [-0.4, -0.2) is 7.11 Å². The van der Waals surface area contributed by atoms with E-state index in [9.17, 15) is 4.39 Å². The molecule has 0 fully saturated rings. The summed E-state index contributed by atoms with van der Waals surface area (Å²) >= 11 is 0. The zero-order valence-corrected chi connectivity index (χ0v) is 10.9. The van der Waals surface area contributed by atoms with E-state index in [2.05, 4.69) is 0 Å². The fourth-order valence-corrected chi connectivity index (χ4v) is 1.41. The Hall–Kier alpha value is -0.800. The maximum Gasteiger partial charge on any atom is 0.123 e. The first-order valence-electron chi connectivity index (χ1n) is 4.95. The van der Waals surface area contributed by atoms with Crippen LogP contribution in [0.2, 0.25) is 0 Å². The molecule has 0 aliphatic heterocycles. The van der Waals surface area contributed by atoms with Gasteiger partial charge in [-0.1, -0.05) is 20.8 Å². The highest BCUT2D eigenvalue weighted by Gasteiger charge is 2.25. The summed E-state index contributed by atoms with van der Waals surface area (Å²) < 4.78 is 18.3. The first-order valence-corrected chi connectivity index (χ1v) is 4.95. The molecule has 4 heteroatoms. The van der Waals surface area contributed by atoms with Crippen molar-refractivity contribution in [3.63, 3.8) is 0 Å². The van der Waals surface area contributed by atoms with Gasteiger partial charge in [0.15, 0.2) is 0 Å². The lowest BCUT2D eigenvalue weighted by Gasteiger charge is -2.28. The van der Waals surface area contributed by atoms with E-state index in [1.165, 1.54) is 12.1 Å². The second kappa shape index (κ2) is 5.51. The van der Waals surface area contributed by atoms with E-state index in [1.807, 2.05) is 20.8 Å². The molecular formula is C12H19ClFNO. The number of hydrogen-bond donors (Lipinski definition) is 1. The molecule has 0 saturated carbocycles. The molecule has 0 aliphatic rings. The molecule has 0 amide bonds. The van der Waals surface area contributed by atoms with Gasteiger partial charge >= 0.3 is 0 Å². The summed E-state index contributed by atoms with van der Waals surface area (Å²) in [7, 11) is 1.56. The SMILES string of the molecule is COc1ccc(F)cc1[C@@H](N)C(C)(C)C.Cl. The lowest BCUT2D eigenvalue weighted by Crippen LogP contribution is -2.26. The van der Waals surface area contributed by atoms with Gasteiger partial charge in [0, 0.05) is 11.6 Å². The average molecular weight is 248 g/mol. The molecule has 0 heterocycles. The van der Waals surface area contributed by atoms with E-state index in [0.717, 1.165) is 0 Å². The summed E-state index contributed by atoms with van der Waals surface area (Å²) in [5.74, 6) is 0.351. The Labute approximate surface area is 102 Å². The molecule has 16 heavy (non-hydrogen) atoms. The first-order chi connectivity index (χ1) is 6.86. The van der Waals surface area contributed by atoms with Crippen molar-refractivity contribution in [3.05, 3.63) is 29.6 Å². The van der Waals surface area contributed by atoms with Crippen molar-refractivity contribution in [2.75, 3.05) is 7.11 Å². The van der Waals surface area contributed by atoms with E-state index in [0.29, 0.717) is 11.3 Å². The molecule has 1 aromatic carbocycles. The molecule has 1 aromatic rings. The summed E-state index contributed by atoms with van der Waals surface area (Å²) in [6.07, 6.45) is 0. The Bertz CT molecular complexity index is 349. The minimum atomic E-state index is -0.287. The number of methoxy groups -OCH3 is 1. The van der Waals surface area contributed by atoms with Gasteiger partial charge in [-0.05, 0) is 23.6 Å². The van der Waals surface area contributed by atoms with E-state index in [4.69, 9.17) is 10.5 Å². The molecule has 0 aromatic heterocycles. The van der Waals surface area contributed by atoms with Gasteiger partial charge in [0.25, 0.3) is 0 Å². The minimum Gasteiger partial charge on any atom is -0.496 e. The van der Waals surface area contributed by atoms with Crippen molar-refractivity contribution >= 4 is 12.4 Å². The van der Waals surface area contributed by atoms with Crippen LogP contribution in [0.1, 0.15) is 32.4 Å². The van der Waals surface area contributed by atoms with Gasteiger partial charge in [-0.25, -0.2) is 4.39 Å². The number of halogens is 2. The lowest BCUT2D eigenvalue weighted by atomic mass is 9.83. The molecule has 0 saturated heterocycles. The third kappa shape index (κ3) is 3.35. The lowest BCUT2D eigenvalue weighted by molar-refractivity contribution is 0.313. The molecule has 2 nitrogen and oxygen atoms in total. The fourth-order valence-electron chi connectivity index (χ4n) is 1.41. The maximum atomic E-state index is 13.1. The van der Waals surface area contributed by atoms with Gasteiger partial charge in [-0.15, -0.1) is 12.4 Å². The van der Waals surface area contributed by atoms with E-state index in [-0.39, 0.29) is 29.7 Å². The van der Waals surface area contributed by atoms with Gasteiger partial charge in [-0.2, -0.15) is 0 Å². The summed E-state index contributed by atoms with van der Waals surface area (Å²) in [6, 6.07) is 4.17. The Kier molecular flexibility index (Phi) is 5.23. The van der Waals surface area contributed by atoms with Crippen molar-refractivity contribution in [1.29, 1.82) is 0 Å². The molecule has 92 valence electrons. The number of nitrogens with two attached hydrogens (primary N) is 1. The molecule has 0 bridgehead atoms. The maximum absolute atomic E-state index is 13.1. The number of hydrogen-bond acceptors (Lipinski definition) is 2. The fraction of sp³-hybridized carbons (Fsp3) is 0.500. The molecule has 0 spiro atoms. The van der Waals surface area contributed by atoms with Crippen LogP contribution in [0.4, 0.5) is 4.39 Å². The summed E-state index contributed by atoms with van der Waals surface area (Å²) in [5.41, 5.74) is 6.66. The Morgan fingerprint density at radius 3 is 2.31 bits per heavy atom. The molecule has 0 aliphatic carbocycles. The molecule has 1 rings (SSSR count). The highest BCUT2D eigenvalue weighted by atomic mass is 35.5. The second-order valence-electron chi connectivity index (χ2n) is 4.73. The van der Waals surface area contributed by atoms with Crippen molar-refractivity contribution in [3.8, 4) is 5.75 Å². The van der Waals surface area contributed by atoms with Crippen LogP contribution in [0.25, 0.3) is 0 Å². The second-order valence-corrected chi connectivity index (χ2v) is 4.73. The smallest absolute Gasteiger partial charge is 0.123 e. The molecule has 1 atom stereocenters. The van der Waals surface area contributed by atoms with Gasteiger partial charge in [0.2, 0.25) is 0 Å². The van der Waals surface area contributed by atoms with Gasteiger partial charge in [0.05, 0.1) is 7.11 Å².